The van der Waals surface area contributed by atoms with Crippen LogP contribution in [0.5, 0.6) is 0 Å². The van der Waals surface area contributed by atoms with Crippen molar-refractivity contribution in [1.82, 2.24) is 9.80 Å². The number of hydrogen-bond acceptors (Lipinski definition) is 6. The van der Waals surface area contributed by atoms with Crippen LogP contribution in [-0.4, -0.2) is 64.7 Å². The van der Waals surface area contributed by atoms with E-state index in [1.807, 2.05) is 60.7 Å². The second-order valence-corrected chi connectivity index (χ2v) is 9.09. The van der Waals surface area contributed by atoms with Gasteiger partial charge in [-0.15, -0.1) is 0 Å². The van der Waals surface area contributed by atoms with Gasteiger partial charge in [0.1, 0.15) is 19.0 Å². The number of amides is 2. The third-order valence-electron chi connectivity index (χ3n) is 6.09. The molecule has 2 aliphatic rings. The lowest BCUT2D eigenvalue weighted by atomic mass is 9.94. The van der Waals surface area contributed by atoms with Crippen molar-refractivity contribution in [3.63, 3.8) is 0 Å². The number of likely N-dealkylation sites (tertiary alicyclic amines) is 2. The van der Waals surface area contributed by atoms with Crippen LogP contribution < -0.4 is 0 Å². The summed E-state index contributed by atoms with van der Waals surface area (Å²) in [7, 11) is 0. The van der Waals surface area contributed by atoms with Crippen LogP contribution in [0.4, 0.5) is 9.59 Å². The molecule has 0 aromatic heterocycles. The molecule has 2 aromatic carbocycles. The summed E-state index contributed by atoms with van der Waals surface area (Å²) in [6, 6.07) is 19.2. The third-order valence-corrected chi connectivity index (χ3v) is 6.09. The number of ether oxygens (including phenoxy) is 2. The highest BCUT2D eigenvalue weighted by Gasteiger charge is 2.30. The summed E-state index contributed by atoms with van der Waals surface area (Å²) in [5.74, 6) is 0.220. The van der Waals surface area contributed by atoms with Crippen LogP contribution in [0.3, 0.4) is 0 Å². The minimum absolute atomic E-state index is 0.220. The van der Waals surface area contributed by atoms with Crippen LogP contribution in [-0.2, 0) is 27.5 Å². The Kier molecular flexibility index (Phi) is 9.66. The monoisotopic (exact) mass is 482 g/mol. The number of aliphatic hydroxyl groups is 1. The molecule has 2 amide bonds. The topological polar surface area (TPSA) is 96.4 Å². The zero-order valence-corrected chi connectivity index (χ0v) is 20.2. The van der Waals surface area contributed by atoms with Crippen molar-refractivity contribution in [2.24, 2.45) is 0 Å². The minimum atomic E-state index is -0.643. The SMILES string of the molecule is CC1(O)CCN(C(=O)OCc2ccccc2)CC1.O=C1CCN(C(=O)OCc2ccccc2)CC1. The van der Waals surface area contributed by atoms with E-state index in [1.165, 1.54) is 0 Å². The lowest BCUT2D eigenvalue weighted by molar-refractivity contribution is -0.121. The maximum Gasteiger partial charge on any atom is 0.410 e. The molecule has 0 bridgehead atoms. The Morgan fingerprint density at radius 3 is 1.60 bits per heavy atom. The Hall–Kier alpha value is -3.39. The van der Waals surface area contributed by atoms with Gasteiger partial charge in [-0.2, -0.15) is 0 Å². The number of Topliss-reactive ketones (excluding diaryl/α,β-unsaturated/α-hetero) is 1. The van der Waals surface area contributed by atoms with Crippen molar-refractivity contribution in [1.29, 1.82) is 0 Å². The summed E-state index contributed by atoms with van der Waals surface area (Å²) >= 11 is 0. The zero-order chi connectivity index (χ0) is 25.1. The molecule has 4 rings (SSSR count). The second kappa shape index (κ2) is 12.9. The number of carbonyl (C=O) groups excluding carboxylic acids is 3. The van der Waals surface area contributed by atoms with Gasteiger partial charge in [0.25, 0.3) is 0 Å². The molecule has 0 radical (unpaired) electrons. The first kappa shape index (κ1) is 26.2. The van der Waals surface area contributed by atoms with E-state index < -0.39 is 5.60 Å². The predicted octanol–water partition coefficient (Wildman–Crippen LogP) is 4.16. The highest BCUT2D eigenvalue weighted by molar-refractivity contribution is 5.81. The van der Waals surface area contributed by atoms with Crippen molar-refractivity contribution < 1.29 is 29.0 Å². The highest BCUT2D eigenvalue weighted by atomic mass is 16.6. The molecule has 0 aliphatic carbocycles. The number of rotatable bonds is 4. The molecule has 2 aliphatic heterocycles. The number of carbonyl (C=O) groups is 3. The average molecular weight is 483 g/mol. The normalized spacial score (nSPS) is 17.1. The van der Waals surface area contributed by atoms with E-state index in [-0.39, 0.29) is 24.6 Å². The average Bonchev–Trinajstić information content (AvgIpc) is 2.88. The largest absolute Gasteiger partial charge is 0.445 e. The Balaban J connectivity index is 0.000000196. The molecule has 0 unspecified atom stereocenters. The lowest BCUT2D eigenvalue weighted by Gasteiger charge is -2.35. The number of nitrogens with zero attached hydrogens (tertiary/aromatic N) is 2. The van der Waals surface area contributed by atoms with E-state index in [0.29, 0.717) is 58.5 Å². The van der Waals surface area contributed by atoms with Gasteiger partial charge in [0.15, 0.2) is 0 Å². The van der Waals surface area contributed by atoms with Gasteiger partial charge < -0.3 is 24.4 Å². The molecule has 0 saturated carbocycles. The molecule has 2 fully saturated rings. The summed E-state index contributed by atoms with van der Waals surface area (Å²) in [4.78, 5) is 37.7. The Morgan fingerprint density at radius 2 is 1.17 bits per heavy atom. The number of piperidine rings is 2. The second-order valence-electron chi connectivity index (χ2n) is 9.09. The van der Waals surface area contributed by atoms with Crippen molar-refractivity contribution in [3.05, 3.63) is 71.8 Å². The molecule has 188 valence electrons. The van der Waals surface area contributed by atoms with Gasteiger partial charge in [-0.1, -0.05) is 60.7 Å². The van der Waals surface area contributed by atoms with E-state index in [2.05, 4.69) is 0 Å². The molecule has 8 heteroatoms. The molecule has 35 heavy (non-hydrogen) atoms. The van der Waals surface area contributed by atoms with Crippen molar-refractivity contribution in [2.45, 2.75) is 51.4 Å². The van der Waals surface area contributed by atoms with Crippen LogP contribution >= 0.6 is 0 Å². The Bertz CT molecular complexity index is 944. The van der Waals surface area contributed by atoms with Crippen molar-refractivity contribution in [2.75, 3.05) is 26.2 Å². The maximum atomic E-state index is 11.8. The van der Waals surface area contributed by atoms with Crippen LogP contribution in [0, 0.1) is 0 Å². The first-order valence-electron chi connectivity index (χ1n) is 12.0. The van der Waals surface area contributed by atoms with Crippen LogP contribution in [0.2, 0.25) is 0 Å². The molecule has 0 spiro atoms. The highest BCUT2D eigenvalue weighted by Crippen LogP contribution is 2.21. The van der Waals surface area contributed by atoms with Crippen LogP contribution in [0.15, 0.2) is 60.7 Å². The first-order chi connectivity index (χ1) is 16.8. The van der Waals surface area contributed by atoms with Gasteiger partial charge in [-0.3, -0.25) is 4.79 Å². The Morgan fingerprint density at radius 1 is 0.771 bits per heavy atom. The van der Waals surface area contributed by atoms with Gasteiger partial charge in [-0.05, 0) is 30.9 Å². The molecule has 1 N–H and O–H groups in total. The molecule has 2 heterocycles. The van der Waals surface area contributed by atoms with Gasteiger partial charge >= 0.3 is 12.2 Å². The summed E-state index contributed by atoms with van der Waals surface area (Å²) in [6.45, 7) is 4.45. The van der Waals surface area contributed by atoms with Crippen molar-refractivity contribution >= 4 is 18.0 Å². The summed E-state index contributed by atoms with van der Waals surface area (Å²) < 4.78 is 10.4. The lowest BCUT2D eigenvalue weighted by Crippen LogP contribution is -2.45. The minimum Gasteiger partial charge on any atom is -0.445 e. The zero-order valence-electron chi connectivity index (χ0n) is 20.2. The van der Waals surface area contributed by atoms with E-state index >= 15 is 0 Å². The number of benzene rings is 2. The smallest absolute Gasteiger partial charge is 0.410 e. The fraction of sp³-hybridized carbons (Fsp3) is 0.444. The van der Waals surface area contributed by atoms with Crippen LogP contribution in [0.25, 0.3) is 0 Å². The molecular weight excluding hydrogens is 448 g/mol. The first-order valence-corrected chi connectivity index (χ1v) is 12.0. The van der Waals surface area contributed by atoms with Gasteiger partial charge in [-0.25, -0.2) is 9.59 Å². The quantitative estimate of drug-likeness (QED) is 0.703. The van der Waals surface area contributed by atoms with E-state index in [1.54, 1.807) is 16.7 Å². The standard InChI is InChI=1S/C14H19NO3.C13H15NO3/c1-14(17)7-9-15(10-8-14)13(16)18-11-12-5-3-2-4-6-12;15-12-6-8-14(9-7-12)13(16)17-10-11-4-2-1-3-5-11/h2-6,17H,7-11H2,1H3;1-5H,6-10H2. The molecule has 2 saturated heterocycles. The fourth-order valence-electron chi connectivity index (χ4n) is 3.73. The van der Waals surface area contributed by atoms with Gasteiger partial charge in [0, 0.05) is 39.0 Å². The van der Waals surface area contributed by atoms with Gasteiger partial charge in [0.05, 0.1) is 5.60 Å². The van der Waals surface area contributed by atoms with Crippen LogP contribution in [0.1, 0.15) is 43.7 Å². The third kappa shape index (κ3) is 9.05. The molecule has 2 aromatic rings. The Labute approximate surface area is 206 Å². The molecule has 0 atom stereocenters. The van der Waals surface area contributed by atoms with E-state index in [0.717, 1.165) is 11.1 Å². The fourth-order valence-corrected chi connectivity index (χ4v) is 3.73. The number of hydrogen-bond donors (Lipinski definition) is 1. The molecule has 8 nitrogen and oxygen atoms in total. The van der Waals surface area contributed by atoms with E-state index in [4.69, 9.17) is 9.47 Å². The summed E-state index contributed by atoms with van der Waals surface area (Å²) in [5, 5.41) is 9.80. The number of ketones is 1. The van der Waals surface area contributed by atoms with Gasteiger partial charge in [0.2, 0.25) is 0 Å². The predicted molar refractivity (Wildman–Crippen MR) is 130 cm³/mol. The maximum absolute atomic E-state index is 11.8. The summed E-state index contributed by atoms with van der Waals surface area (Å²) in [6.07, 6.45) is 1.47. The molecular formula is C27H34N2O6. The van der Waals surface area contributed by atoms with E-state index in [9.17, 15) is 19.5 Å². The van der Waals surface area contributed by atoms with Crippen molar-refractivity contribution in [3.8, 4) is 0 Å². The summed E-state index contributed by atoms with van der Waals surface area (Å²) in [5.41, 5.74) is 1.31.